The summed E-state index contributed by atoms with van der Waals surface area (Å²) < 4.78 is 4.58. The minimum atomic E-state index is 0.930. The number of aromatic nitrogens is 3. The van der Waals surface area contributed by atoms with E-state index >= 15 is 0 Å². The smallest absolute Gasteiger partial charge is 0.140 e. The summed E-state index contributed by atoms with van der Waals surface area (Å²) in [6, 6.07) is 38.8. The molecule has 0 bridgehead atoms. The largest absolute Gasteiger partial charge is 0.309 e. The van der Waals surface area contributed by atoms with Gasteiger partial charge in [0.15, 0.2) is 0 Å². The highest BCUT2D eigenvalue weighted by molar-refractivity contribution is 6.09. The molecular formula is C33H25N3. The fraction of sp³-hybridized carbons (Fsp3) is 0.0606. The average Bonchev–Trinajstić information content (AvgIpc) is 3.45. The molecule has 0 amide bonds. The number of rotatable bonds is 3. The van der Waals surface area contributed by atoms with E-state index in [1.54, 1.807) is 0 Å². The minimum absolute atomic E-state index is 0.930. The summed E-state index contributed by atoms with van der Waals surface area (Å²) in [6.45, 7) is 4.32. The Morgan fingerprint density at radius 1 is 0.583 bits per heavy atom. The Bertz CT molecular complexity index is 1830. The van der Waals surface area contributed by atoms with Crippen molar-refractivity contribution in [1.29, 1.82) is 0 Å². The lowest BCUT2D eigenvalue weighted by molar-refractivity contribution is 1.13. The summed E-state index contributed by atoms with van der Waals surface area (Å²) in [5.74, 6) is 0. The number of benzene rings is 4. The van der Waals surface area contributed by atoms with E-state index in [0.29, 0.717) is 0 Å². The molecule has 7 rings (SSSR count). The molecule has 4 aromatic carbocycles. The molecule has 0 fully saturated rings. The fourth-order valence-electron chi connectivity index (χ4n) is 5.37. The Hall–Kier alpha value is -4.63. The molecule has 0 spiro atoms. The van der Waals surface area contributed by atoms with E-state index in [2.05, 4.69) is 132 Å². The number of hydrogen-bond acceptors (Lipinski definition) is 1. The summed E-state index contributed by atoms with van der Waals surface area (Å²) in [5, 5.41) is 2.57. The first-order chi connectivity index (χ1) is 17.7. The van der Waals surface area contributed by atoms with Crippen LogP contribution < -0.4 is 0 Å². The zero-order chi connectivity index (χ0) is 24.2. The van der Waals surface area contributed by atoms with Gasteiger partial charge in [0.05, 0.1) is 28.1 Å². The molecule has 172 valence electrons. The van der Waals surface area contributed by atoms with Crippen LogP contribution in [0.1, 0.15) is 11.1 Å². The van der Waals surface area contributed by atoms with Crippen molar-refractivity contribution < 1.29 is 0 Å². The van der Waals surface area contributed by atoms with E-state index in [-0.39, 0.29) is 0 Å². The van der Waals surface area contributed by atoms with Crippen LogP contribution in [0.3, 0.4) is 0 Å². The molecule has 0 aliphatic heterocycles. The van der Waals surface area contributed by atoms with E-state index in [4.69, 9.17) is 4.98 Å². The van der Waals surface area contributed by atoms with Crippen LogP contribution in [0.25, 0.3) is 55.7 Å². The van der Waals surface area contributed by atoms with Gasteiger partial charge in [-0.1, -0.05) is 83.9 Å². The Labute approximate surface area is 209 Å². The van der Waals surface area contributed by atoms with Crippen LogP contribution in [-0.2, 0) is 0 Å². The summed E-state index contributed by atoms with van der Waals surface area (Å²) >= 11 is 0. The topological polar surface area (TPSA) is 22.2 Å². The molecule has 3 heteroatoms. The van der Waals surface area contributed by atoms with Crippen LogP contribution in [0.5, 0.6) is 0 Å². The molecule has 3 aromatic heterocycles. The molecule has 0 N–H and O–H groups in total. The second-order valence-electron chi connectivity index (χ2n) is 9.53. The van der Waals surface area contributed by atoms with Gasteiger partial charge in [-0.05, 0) is 44.2 Å². The molecule has 0 radical (unpaired) electrons. The summed E-state index contributed by atoms with van der Waals surface area (Å²) in [6.07, 6.45) is 2.16. The first kappa shape index (κ1) is 20.7. The van der Waals surface area contributed by atoms with Crippen LogP contribution in [0.4, 0.5) is 0 Å². The second-order valence-corrected chi connectivity index (χ2v) is 9.53. The average molecular weight is 464 g/mol. The van der Waals surface area contributed by atoms with Crippen molar-refractivity contribution in [2.45, 2.75) is 13.8 Å². The van der Waals surface area contributed by atoms with E-state index < -0.39 is 0 Å². The lowest BCUT2D eigenvalue weighted by Gasteiger charge is -2.10. The Morgan fingerprint density at radius 2 is 1.17 bits per heavy atom. The number of pyridine rings is 1. The van der Waals surface area contributed by atoms with Crippen LogP contribution >= 0.6 is 0 Å². The van der Waals surface area contributed by atoms with E-state index in [9.17, 15) is 0 Å². The highest BCUT2D eigenvalue weighted by atomic mass is 15.0. The van der Waals surface area contributed by atoms with Crippen molar-refractivity contribution >= 4 is 27.5 Å². The summed E-state index contributed by atoms with van der Waals surface area (Å²) in [5.41, 5.74) is 11.4. The van der Waals surface area contributed by atoms with Gasteiger partial charge in [0.25, 0.3) is 0 Å². The fourth-order valence-corrected chi connectivity index (χ4v) is 5.37. The number of nitrogens with zero attached hydrogens (tertiary/aromatic N) is 3. The van der Waals surface area contributed by atoms with Crippen molar-refractivity contribution in [3.63, 3.8) is 0 Å². The van der Waals surface area contributed by atoms with Gasteiger partial charge < -0.3 is 4.57 Å². The van der Waals surface area contributed by atoms with E-state index in [1.807, 2.05) is 6.07 Å². The van der Waals surface area contributed by atoms with Crippen molar-refractivity contribution in [2.24, 2.45) is 0 Å². The monoisotopic (exact) mass is 463 g/mol. The van der Waals surface area contributed by atoms with Gasteiger partial charge >= 0.3 is 0 Å². The Balaban J connectivity index is 1.52. The Kier molecular flexibility index (Phi) is 4.58. The number of aryl methyl sites for hydroxylation is 2. The first-order valence-corrected chi connectivity index (χ1v) is 12.3. The highest BCUT2D eigenvalue weighted by Gasteiger charge is 2.18. The summed E-state index contributed by atoms with van der Waals surface area (Å²) in [7, 11) is 0. The Morgan fingerprint density at radius 3 is 1.78 bits per heavy atom. The molecule has 0 saturated heterocycles. The van der Waals surface area contributed by atoms with Crippen LogP contribution in [0.15, 0.2) is 115 Å². The molecule has 0 aliphatic carbocycles. The van der Waals surface area contributed by atoms with Gasteiger partial charge in [-0.25, -0.2) is 4.98 Å². The van der Waals surface area contributed by atoms with Crippen molar-refractivity contribution in [1.82, 2.24) is 14.0 Å². The molecule has 0 atom stereocenters. The zero-order valence-electron chi connectivity index (χ0n) is 20.3. The maximum atomic E-state index is 5.17. The lowest BCUT2D eigenvalue weighted by atomic mass is 10.1. The molecule has 0 unspecified atom stereocenters. The molecule has 36 heavy (non-hydrogen) atoms. The third kappa shape index (κ3) is 3.17. The third-order valence-corrected chi connectivity index (χ3v) is 7.04. The standard InChI is InChI=1S/C33H25N3/c1-22-13-15-29-27(19-22)28-20-23(2)14-16-30(28)36(29)26-17-18-35-31(21-26)34-32(24-9-5-3-6-10-24)33(35)25-11-7-4-8-12-25/h3-21H,1-2H3. The first-order valence-electron chi connectivity index (χ1n) is 12.3. The van der Waals surface area contributed by atoms with Gasteiger partial charge in [0.2, 0.25) is 0 Å². The number of hydrogen-bond donors (Lipinski definition) is 0. The zero-order valence-corrected chi connectivity index (χ0v) is 20.3. The SMILES string of the molecule is Cc1ccc2c(c1)c1cc(C)ccc1n2-c1ccn2c(-c3ccccc3)c(-c3ccccc3)nc2c1. The summed E-state index contributed by atoms with van der Waals surface area (Å²) in [4.78, 5) is 5.17. The maximum absolute atomic E-state index is 5.17. The van der Waals surface area contributed by atoms with Gasteiger partial charge in [0.1, 0.15) is 5.65 Å². The highest BCUT2D eigenvalue weighted by Crippen LogP contribution is 2.36. The predicted molar refractivity (Wildman–Crippen MR) is 150 cm³/mol. The third-order valence-electron chi connectivity index (χ3n) is 7.04. The van der Waals surface area contributed by atoms with Gasteiger partial charge in [-0.3, -0.25) is 4.40 Å². The molecule has 7 aromatic rings. The van der Waals surface area contributed by atoms with Crippen LogP contribution in [0, 0.1) is 13.8 Å². The van der Waals surface area contributed by atoms with Crippen molar-refractivity contribution in [2.75, 3.05) is 0 Å². The van der Waals surface area contributed by atoms with E-state index in [1.165, 1.54) is 32.9 Å². The minimum Gasteiger partial charge on any atom is -0.309 e. The van der Waals surface area contributed by atoms with Gasteiger partial charge in [-0.2, -0.15) is 0 Å². The normalized spacial score (nSPS) is 11.6. The quantitative estimate of drug-likeness (QED) is 0.258. The molecule has 0 saturated carbocycles. The lowest BCUT2D eigenvalue weighted by Crippen LogP contribution is -1.96. The maximum Gasteiger partial charge on any atom is 0.140 e. The molecular weight excluding hydrogens is 438 g/mol. The van der Waals surface area contributed by atoms with Crippen LogP contribution in [0.2, 0.25) is 0 Å². The molecule has 3 nitrogen and oxygen atoms in total. The molecule has 0 aliphatic rings. The van der Waals surface area contributed by atoms with Crippen LogP contribution in [-0.4, -0.2) is 14.0 Å². The van der Waals surface area contributed by atoms with Gasteiger partial charge in [-0.15, -0.1) is 0 Å². The van der Waals surface area contributed by atoms with Crippen molar-refractivity contribution in [3.05, 3.63) is 127 Å². The van der Waals surface area contributed by atoms with E-state index in [0.717, 1.165) is 33.8 Å². The molecule has 3 heterocycles. The number of fused-ring (bicyclic) bond motifs is 4. The van der Waals surface area contributed by atoms with Crippen molar-refractivity contribution in [3.8, 4) is 28.2 Å². The second kappa shape index (κ2) is 7.96. The van der Waals surface area contributed by atoms with Gasteiger partial charge in [0, 0.05) is 34.2 Å². The number of imidazole rings is 1. The predicted octanol–water partition coefficient (Wildman–Crippen LogP) is 8.38.